The molecule has 3 aromatic heterocycles. The lowest BCUT2D eigenvalue weighted by Crippen LogP contribution is -2.24. The molecule has 0 aliphatic rings. The molecule has 0 fully saturated rings. The van der Waals surface area contributed by atoms with E-state index in [-0.39, 0.29) is 12.6 Å². The van der Waals surface area contributed by atoms with Crippen molar-refractivity contribution in [3.63, 3.8) is 0 Å². The SMILES string of the molecule is COc1nn(-c2cccc3nn(-c4cccnc4)cc23)c(=O)n1Cc1ccccc1F. The number of nitrogens with zero attached hydrogens (tertiary/aromatic N) is 6. The Balaban J connectivity index is 1.64. The second kappa shape index (κ2) is 7.52. The van der Waals surface area contributed by atoms with Crippen molar-refractivity contribution in [2.45, 2.75) is 6.54 Å². The third-order valence-corrected chi connectivity index (χ3v) is 4.96. The summed E-state index contributed by atoms with van der Waals surface area (Å²) in [6.45, 7) is -0.000394. The van der Waals surface area contributed by atoms with E-state index in [1.165, 1.54) is 22.4 Å². The number of halogens is 1. The summed E-state index contributed by atoms with van der Waals surface area (Å²) in [5.74, 6) is -0.399. The molecule has 5 aromatic rings. The third kappa shape index (κ3) is 3.25. The molecule has 31 heavy (non-hydrogen) atoms. The summed E-state index contributed by atoms with van der Waals surface area (Å²) in [4.78, 5) is 17.3. The van der Waals surface area contributed by atoms with Gasteiger partial charge in [-0.25, -0.2) is 18.4 Å². The average Bonchev–Trinajstić information content (AvgIpc) is 3.37. The molecule has 154 valence electrons. The van der Waals surface area contributed by atoms with Crippen LogP contribution in [-0.2, 0) is 6.54 Å². The number of methoxy groups -OCH3 is 1. The monoisotopic (exact) mass is 416 g/mol. The van der Waals surface area contributed by atoms with Gasteiger partial charge < -0.3 is 4.74 Å². The minimum absolute atomic E-state index is 0.000394. The summed E-state index contributed by atoms with van der Waals surface area (Å²) < 4.78 is 23.7. The summed E-state index contributed by atoms with van der Waals surface area (Å²) in [5.41, 5.74) is 1.95. The highest BCUT2D eigenvalue weighted by Gasteiger charge is 2.19. The Hall–Kier alpha value is -4.27. The largest absolute Gasteiger partial charge is 0.467 e. The van der Waals surface area contributed by atoms with E-state index in [4.69, 9.17) is 4.74 Å². The van der Waals surface area contributed by atoms with E-state index in [0.717, 1.165) is 11.1 Å². The Labute approximate surface area is 175 Å². The molecule has 0 bridgehead atoms. The normalized spacial score (nSPS) is 11.2. The van der Waals surface area contributed by atoms with Gasteiger partial charge in [-0.3, -0.25) is 4.98 Å². The van der Waals surface area contributed by atoms with Crippen molar-refractivity contribution < 1.29 is 9.13 Å². The quantitative estimate of drug-likeness (QED) is 0.440. The number of pyridine rings is 1. The van der Waals surface area contributed by atoms with Crippen molar-refractivity contribution >= 4 is 10.9 Å². The maximum absolute atomic E-state index is 14.1. The number of benzene rings is 2. The molecule has 2 aromatic carbocycles. The topological polar surface area (TPSA) is 79.8 Å². The molecule has 9 heteroatoms. The lowest BCUT2D eigenvalue weighted by molar-refractivity contribution is 0.357. The van der Waals surface area contributed by atoms with Crippen LogP contribution in [0.4, 0.5) is 4.39 Å². The van der Waals surface area contributed by atoms with Crippen molar-refractivity contribution in [1.29, 1.82) is 0 Å². The van der Waals surface area contributed by atoms with Crippen LogP contribution >= 0.6 is 0 Å². The van der Waals surface area contributed by atoms with Crippen LogP contribution in [0.2, 0.25) is 0 Å². The predicted octanol–water partition coefficient (Wildman–Crippen LogP) is 2.96. The maximum Gasteiger partial charge on any atom is 0.353 e. The number of aromatic nitrogens is 6. The second-order valence-corrected chi connectivity index (χ2v) is 6.85. The van der Waals surface area contributed by atoms with Crippen LogP contribution in [-0.4, -0.2) is 36.2 Å². The van der Waals surface area contributed by atoms with Gasteiger partial charge in [0.2, 0.25) is 0 Å². The van der Waals surface area contributed by atoms with Gasteiger partial charge in [0.25, 0.3) is 0 Å². The van der Waals surface area contributed by atoms with Gasteiger partial charge in [-0.15, -0.1) is 5.10 Å². The number of hydrogen-bond acceptors (Lipinski definition) is 5. The first-order valence-corrected chi connectivity index (χ1v) is 9.52. The first kappa shape index (κ1) is 18.7. The molecule has 3 heterocycles. The second-order valence-electron chi connectivity index (χ2n) is 6.85. The highest BCUT2D eigenvalue weighted by atomic mass is 19.1. The first-order valence-electron chi connectivity index (χ1n) is 9.52. The van der Waals surface area contributed by atoms with Crippen molar-refractivity contribution in [1.82, 2.24) is 29.1 Å². The van der Waals surface area contributed by atoms with Gasteiger partial charge in [-0.05, 0) is 30.3 Å². The van der Waals surface area contributed by atoms with Gasteiger partial charge >= 0.3 is 11.7 Å². The maximum atomic E-state index is 14.1. The zero-order valence-corrected chi connectivity index (χ0v) is 16.5. The Morgan fingerprint density at radius 3 is 2.68 bits per heavy atom. The third-order valence-electron chi connectivity index (χ3n) is 4.96. The average molecular weight is 416 g/mol. The smallest absolute Gasteiger partial charge is 0.353 e. The van der Waals surface area contributed by atoms with E-state index in [9.17, 15) is 9.18 Å². The summed E-state index contributed by atoms with van der Waals surface area (Å²) >= 11 is 0. The predicted molar refractivity (Wildman–Crippen MR) is 112 cm³/mol. The molecule has 8 nitrogen and oxygen atoms in total. The van der Waals surface area contributed by atoms with Crippen LogP contribution in [0.25, 0.3) is 22.3 Å². The molecule has 5 rings (SSSR count). The van der Waals surface area contributed by atoms with Crippen molar-refractivity contribution in [3.05, 3.63) is 95.1 Å². The van der Waals surface area contributed by atoms with E-state index in [0.29, 0.717) is 16.8 Å². The van der Waals surface area contributed by atoms with E-state index < -0.39 is 11.5 Å². The van der Waals surface area contributed by atoms with E-state index in [1.807, 2.05) is 24.4 Å². The van der Waals surface area contributed by atoms with Crippen LogP contribution in [0, 0.1) is 5.82 Å². The molecule has 0 amide bonds. The van der Waals surface area contributed by atoms with Crippen LogP contribution in [0.3, 0.4) is 0 Å². The molecule has 0 N–H and O–H groups in total. The molecule has 0 aliphatic carbocycles. The first-order chi connectivity index (χ1) is 15.2. The van der Waals surface area contributed by atoms with E-state index in [1.54, 1.807) is 47.4 Å². The molecule has 0 spiro atoms. The fourth-order valence-electron chi connectivity index (χ4n) is 3.45. The van der Waals surface area contributed by atoms with Gasteiger partial charge in [0.05, 0.1) is 36.7 Å². The number of ether oxygens (including phenoxy) is 1. The van der Waals surface area contributed by atoms with Crippen LogP contribution in [0.5, 0.6) is 6.01 Å². The molecular formula is C22H17FN6O2. The molecule has 0 radical (unpaired) electrons. The summed E-state index contributed by atoms with van der Waals surface area (Å²) in [5, 5.41) is 9.63. The fraction of sp³-hybridized carbons (Fsp3) is 0.0909. The number of hydrogen-bond donors (Lipinski definition) is 0. The Morgan fingerprint density at radius 2 is 1.90 bits per heavy atom. The lowest BCUT2D eigenvalue weighted by atomic mass is 10.2. The summed E-state index contributed by atoms with van der Waals surface area (Å²) in [7, 11) is 1.42. The number of fused-ring (bicyclic) bond motifs is 1. The van der Waals surface area contributed by atoms with Gasteiger partial charge in [0.1, 0.15) is 5.82 Å². The highest BCUT2D eigenvalue weighted by Crippen LogP contribution is 2.23. The molecule has 0 saturated carbocycles. The van der Waals surface area contributed by atoms with E-state index >= 15 is 0 Å². The standard InChI is InChI=1S/C22H17FN6O2/c1-31-21-26-29(22(30)27(21)13-15-6-2-3-8-18(15)23)20-10-4-9-19-17(20)14-28(25-19)16-7-5-11-24-12-16/h2-12,14H,13H2,1H3. The fourth-order valence-corrected chi connectivity index (χ4v) is 3.45. The lowest BCUT2D eigenvalue weighted by Gasteiger charge is -2.05. The molecule has 0 unspecified atom stereocenters. The Bertz CT molecular complexity index is 1440. The Morgan fingerprint density at radius 1 is 1.03 bits per heavy atom. The minimum Gasteiger partial charge on any atom is -0.467 e. The highest BCUT2D eigenvalue weighted by molar-refractivity contribution is 5.87. The van der Waals surface area contributed by atoms with Crippen LogP contribution in [0.1, 0.15) is 5.56 Å². The van der Waals surface area contributed by atoms with Gasteiger partial charge in [-0.2, -0.15) is 9.78 Å². The molecular weight excluding hydrogens is 399 g/mol. The van der Waals surface area contributed by atoms with Gasteiger partial charge in [-0.1, -0.05) is 24.3 Å². The minimum atomic E-state index is -0.443. The van der Waals surface area contributed by atoms with Crippen LogP contribution in [0.15, 0.2) is 78.0 Å². The van der Waals surface area contributed by atoms with Crippen molar-refractivity contribution in [2.75, 3.05) is 7.11 Å². The zero-order chi connectivity index (χ0) is 21.4. The summed E-state index contributed by atoms with van der Waals surface area (Å²) in [6.07, 6.45) is 5.20. The zero-order valence-electron chi connectivity index (χ0n) is 16.5. The number of rotatable bonds is 5. The van der Waals surface area contributed by atoms with Crippen LogP contribution < -0.4 is 10.4 Å². The van der Waals surface area contributed by atoms with Crippen molar-refractivity contribution in [3.8, 4) is 17.4 Å². The van der Waals surface area contributed by atoms with Crippen molar-refractivity contribution in [2.24, 2.45) is 0 Å². The van der Waals surface area contributed by atoms with Gasteiger partial charge in [0.15, 0.2) is 0 Å². The molecule has 0 atom stereocenters. The molecule has 0 saturated heterocycles. The molecule has 0 aliphatic heterocycles. The Kier molecular flexibility index (Phi) is 4.55. The summed E-state index contributed by atoms with van der Waals surface area (Å²) in [6, 6.07) is 15.5. The van der Waals surface area contributed by atoms with Gasteiger partial charge in [0, 0.05) is 23.3 Å². The van der Waals surface area contributed by atoms with E-state index in [2.05, 4.69) is 15.2 Å².